The molecule has 0 atom stereocenters. The molecule has 1 aromatic heterocycles. The number of benzene rings is 2. The second-order valence-corrected chi connectivity index (χ2v) is 8.35. The van der Waals surface area contributed by atoms with Gasteiger partial charge in [0, 0.05) is 42.7 Å². The van der Waals surface area contributed by atoms with Crippen molar-refractivity contribution in [1.29, 1.82) is 0 Å². The van der Waals surface area contributed by atoms with Crippen LogP contribution in [0.4, 0.5) is 13.6 Å². The van der Waals surface area contributed by atoms with Crippen LogP contribution in [0.25, 0.3) is 11.1 Å². The summed E-state index contributed by atoms with van der Waals surface area (Å²) in [5.41, 5.74) is 1.90. The summed E-state index contributed by atoms with van der Waals surface area (Å²) in [4.78, 5) is 29.1. The number of carbonyl (C=O) groups excluding carboxylic acids is 2. The first kappa shape index (κ1) is 23.8. The van der Waals surface area contributed by atoms with E-state index in [1.165, 1.54) is 12.3 Å². The Kier molecular flexibility index (Phi) is 7.37. The molecule has 1 heterocycles. The van der Waals surface area contributed by atoms with Crippen LogP contribution >= 0.6 is 0 Å². The van der Waals surface area contributed by atoms with Crippen molar-refractivity contribution in [3.63, 3.8) is 0 Å². The van der Waals surface area contributed by atoms with Gasteiger partial charge in [0.1, 0.15) is 17.2 Å². The standard InChI is InChI=1S/C25H25F2N3O3/c1-25(2,3)33-24(32)30-13-16-6-4-5-7-19(16)21-15-28-11-10-20(21)23(31)29-14-17-8-9-18(26)12-22(17)27/h4-12,15H,13-14H2,1-3H3,(H,29,31)(H,30,32). The van der Waals surface area contributed by atoms with Crippen LogP contribution in [0.1, 0.15) is 42.3 Å². The summed E-state index contributed by atoms with van der Waals surface area (Å²) < 4.78 is 32.3. The van der Waals surface area contributed by atoms with Gasteiger partial charge >= 0.3 is 6.09 Å². The van der Waals surface area contributed by atoms with Crippen molar-refractivity contribution in [2.75, 3.05) is 0 Å². The molecule has 0 saturated heterocycles. The molecule has 6 nitrogen and oxygen atoms in total. The van der Waals surface area contributed by atoms with Crippen LogP contribution in [0.3, 0.4) is 0 Å². The zero-order chi connectivity index (χ0) is 24.0. The van der Waals surface area contributed by atoms with Gasteiger partial charge in [-0.1, -0.05) is 30.3 Å². The van der Waals surface area contributed by atoms with Crippen LogP contribution in [0, 0.1) is 11.6 Å². The average molecular weight is 453 g/mol. The molecule has 172 valence electrons. The minimum absolute atomic E-state index is 0.103. The number of nitrogens with one attached hydrogen (secondary N) is 2. The molecule has 0 aliphatic rings. The maximum absolute atomic E-state index is 13.9. The Morgan fingerprint density at radius 3 is 2.39 bits per heavy atom. The first-order valence-corrected chi connectivity index (χ1v) is 10.4. The third kappa shape index (κ3) is 6.58. The molecule has 2 N–H and O–H groups in total. The summed E-state index contributed by atoms with van der Waals surface area (Å²) in [6.07, 6.45) is 2.49. The van der Waals surface area contributed by atoms with Gasteiger partial charge in [-0.15, -0.1) is 0 Å². The number of alkyl carbamates (subject to hydrolysis) is 1. The third-order valence-electron chi connectivity index (χ3n) is 4.65. The predicted octanol–water partition coefficient (Wildman–Crippen LogP) is 4.98. The molecule has 0 unspecified atom stereocenters. The lowest BCUT2D eigenvalue weighted by molar-refractivity contribution is 0.0523. The Morgan fingerprint density at radius 2 is 1.67 bits per heavy atom. The Bertz CT molecular complexity index is 1160. The van der Waals surface area contributed by atoms with Crippen molar-refractivity contribution < 1.29 is 23.1 Å². The summed E-state index contributed by atoms with van der Waals surface area (Å²) >= 11 is 0. The van der Waals surface area contributed by atoms with E-state index in [1.807, 2.05) is 24.3 Å². The van der Waals surface area contributed by atoms with Crippen LogP contribution < -0.4 is 10.6 Å². The van der Waals surface area contributed by atoms with Gasteiger partial charge in [-0.2, -0.15) is 0 Å². The van der Waals surface area contributed by atoms with Crippen molar-refractivity contribution in [2.24, 2.45) is 0 Å². The fraction of sp³-hybridized carbons (Fsp3) is 0.240. The van der Waals surface area contributed by atoms with Gasteiger partial charge in [0.15, 0.2) is 0 Å². The minimum atomic E-state index is -0.733. The molecule has 3 aromatic rings. The molecule has 8 heteroatoms. The maximum atomic E-state index is 13.9. The van der Waals surface area contributed by atoms with Crippen LogP contribution in [-0.2, 0) is 17.8 Å². The van der Waals surface area contributed by atoms with E-state index in [0.29, 0.717) is 16.7 Å². The molecule has 0 radical (unpaired) electrons. The second-order valence-electron chi connectivity index (χ2n) is 8.35. The van der Waals surface area contributed by atoms with E-state index in [-0.39, 0.29) is 18.7 Å². The molecule has 3 rings (SSSR count). The van der Waals surface area contributed by atoms with Crippen molar-refractivity contribution in [3.8, 4) is 11.1 Å². The number of hydrogen-bond donors (Lipinski definition) is 2. The van der Waals surface area contributed by atoms with E-state index in [0.717, 1.165) is 17.7 Å². The van der Waals surface area contributed by atoms with E-state index in [1.54, 1.807) is 33.0 Å². The molecular weight excluding hydrogens is 428 g/mol. The van der Waals surface area contributed by atoms with Gasteiger partial charge in [-0.05, 0) is 44.0 Å². The number of nitrogens with zero attached hydrogens (tertiary/aromatic N) is 1. The Morgan fingerprint density at radius 1 is 0.939 bits per heavy atom. The zero-order valence-electron chi connectivity index (χ0n) is 18.6. The van der Waals surface area contributed by atoms with E-state index >= 15 is 0 Å². The molecule has 0 aliphatic carbocycles. The van der Waals surface area contributed by atoms with Crippen molar-refractivity contribution in [1.82, 2.24) is 15.6 Å². The predicted molar refractivity (Wildman–Crippen MR) is 120 cm³/mol. The normalized spacial score (nSPS) is 11.1. The summed E-state index contributed by atoms with van der Waals surface area (Å²) in [6, 6.07) is 12.0. The quantitative estimate of drug-likeness (QED) is 0.552. The van der Waals surface area contributed by atoms with Gasteiger partial charge in [-0.25, -0.2) is 13.6 Å². The summed E-state index contributed by atoms with van der Waals surface area (Å²) in [6.45, 7) is 5.41. The number of ether oxygens (including phenoxy) is 1. The van der Waals surface area contributed by atoms with E-state index < -0.39 is 29.2 Å². The highest BCUT2D eigenvalue weighted by Gasteiger charge is 2.18. The summed E-state index contributed by atoms with van der Waals surface area (Å²) in [5, 5.41) is 5.38. The van der Waals surface area contributed by atoms with Gasteiger partial charge in [0.2, 0.25) is 0 Å². The first-order chi connectivity index (χ1) is 15.6. The average Bonchev–Trinajstić information content (AvgIpc) is 2.76. The fourth-order valence-corrected chi connectivity index (χ4v) is 3.16. The summed E-state index contributed by atoms with van der Waals surface area (Å²) in [5.74, 6) is -1.86. The van der Waals surface area contributed by atoms with Gasteiger partial charge in [0.05, 0.1) is 5.56 Å². The number of pyridine rings is 1. The third-order valence-corrected chi connectivity index (χ3v) is 4.65. The molecule has 0 bridgehead atoms. The molecular formula is C25H25F2N3O3. The molecule has 0 fully saturated rings. The number of rotatable bonds is 6. The minimum Gasteiger partial charge on any atom is -0.444 e. The Labute approximate surface area is 191 Å². The SMILES string of the molecule is CC(C)(C)OC(=O)NCc1ccccc1-c1cnccc1C(=O)NCc1ccc(F)cc1F. The van der Waals surface area contributed by atoms with Gasteiger partial charge in [0.25, 0.3) is 5.91 Å². The van der Waals surface area contributed by atoms with Gasteiger partial charge in [-0.3, -0.25) is 9.78 Å². The number of halogens is 2. The lowest BCUT2D eigenvalue weighted by Crippen LogP contribution is -2.32. The van der Waals surface area contributed by atoms with Crippen LogP contribution in [0.2, 0.25) is 0 Å². The topological polar surface area (TPSA) is 80.3 Å². The smallest absolute Gasteiger partial charge is 0.407 e. The molecule has 0 saturated carbocycles. The van der Waals surface area contributed by atoms with Gasteiger partial charge < -0.3 is 15.4 Å². The van der Waals surface area contributed by atoms with Crippen LogP contribution in [0.15, 0.2) is 60.9 Å². The van der Waals surface area contributed by atoms with Crippen molar-refractivity contribution in [2.45, 2.75) is 39.5 Å². The molecule has 2 aromatic carbocycles. The van der Waals surface area contributed by atoms with Crippen molar-refractivity contribution in [3.05, 3.63) is 89.2 Å². The number of aromatic nitrogens is 1. The number of carbonyl (C=O) groups is 2. The molecule has 2 amide bonds. The van der Waals surface area contributed by atoms with E-state index in [2.05, 4.69) is 15.6 Å². The fourth-order valence-electron chi connectivity index (χ4n) is 3.16. The highest BCUT2D eigenvalue weighted by Crippen LogP contribution is 2.27. The molecule has 0 spiro atoms. The highest BCUT2D eigenvalue weighted by atomic mass is 19.1. The zero-order valence-corrected chi connectivity index (χ0v) is 18.6. The lowest BCUT2D eigenvalue weighted by Gasteiger charge is -2.20. The van der Waals surface area contributed by atoms with Crippen LogP contribution in [0.5, 0.6) is 0 Å². The largest absolute Gasteiger partial charge is 0.444 e. The van der Waals surface area contributed by atoms with E-state index in [4.69, 9.17) is 4.74 Å². The van der Waals surface area contributed by atoms with Crippen molar-refractivity contribution >= 4 is 12.0 Å². The number of amides is 2. The second kappa shape index (κ2) is 10.2. The number of hydrogen-bond acceptors (Lipinski definition) is 4. The first-order valence-electron chi connectivity index (χ1n) is 10.4. The highest BCUT2D eigenvalue weighted by molar-refractivity contribution is 6.01. The molecule has 0 aliphatic heterocycles. The monoisotopic (exact) mass is 453 g/mol. The van der Waals surface area contributed by atoms with Crippen LogP contribution in [-0.4, -0.2) is 22.6 Å². The maximum Gasteiger partial charge on any atom is 0.407 e. The Balaban J connectivity index is 1.80. The Hall–Kier alpha value is -3.81. The van der Waals surface area contributed by atoms with E-state index in [9.17, 15) is 18.4 Å². The molecule has 33 heavy (non-hydrogen) atoms. The summed E-state index contributed by atoms with van der Waals surface area (Å²) in [7, 11) is 0. The lowest BCUT2D eigenvalue weighted by atomic mass is 9.96.